The Balaban J connectivity index is 1.40. The molecule has 4 rings (SSSR count). The number of rotatable bonds is 6. The number of hydrazine groups is 1. The van der Waals surface area contributed by atoms with Gasteiger partial charge in [0.15, 0.2) is 11.0 Å². The number of aromatic nitrogens is 3. The van der Waals surface area contributed by atoms with Gasteiger partial charge in [-0.1, -0.05) is 31.0 Å². The quantitative estimate of drug-likeness (QED) is 0.530. The summed E-state index contributed by atoms with van der Waals surface area (Å²) >= 11 is 1.19. The van der Waals surface area contributed by atoms with E-state index in [1.807, 2.05) is 24.5 Å². The zero-order chi connectivity index (χ0) is 21.3. The maximum Gasteiger partial charge on any atom is 0.344 e. The Labute approximate surface area is 177 Å². The van der Waals surface area contributed by atoms with E-state index in [9.17, 15) is 14.4 Å². The second kappa shape index (κ2) is 8.13. The summed E-state index contributed by atoms with van der Waals surface area (Å²) in [7, 11) is 0. The third kappa shape index (κ3) is 3.57. The molecule has 0 radical (unpaired) electrons. The Morgan fingerprint density at radius 2 is 2.07 bits per heavy atom. The van der Waals surface area contributed by atoms with Crippen molar-refractivity contribution in [3.63, 3.8) is 0 Å². The number of hydrogen-bond donors (Lipinski definition) is 2. The van der Waals surface area contributed by atoms with Crippen molar-refractivity contribution >= 4 is 29.6 Å². The molecule has 0 bridgehead atoms. The molecule has 2 fully saturated rings. The molecular formula is C19H24N6O4S. The number of carbonyl (C=O) groups excluding carboxylic acids is 3. The van der Waals surface area contributed by atoms with Gasteiger partial charge in [-0.3, -0.25) is 15.0 Å². The molecule has 10 nitrogen and oxygen atoms in total. The Morgan fingerprint density at radius 3 is 2.73 bits per heavy atom. The number of aryl methyl sites for hydroxylation is 1. The van der Waals surface area contributed by atoms with Crippen LogP contribution in [0.1, 0.15) is 44.8 Å². The van der Waals surface area contributed by atoms with Crippen LogP contribution in [0, 0.1) is 6.92 Å². The predicted molar refractivity (Wildman–Crippen MR) is 108 cm³/mol. The van der Waals surface area contributed by atoms with Gasteiger partial charge in [-0.2, -0.15) is 5.01 Å². The minimum absolute atomic E-state index is 0.00738. The predicted octanol–water partition coefficient (Wildman–Crippen LogP) is 2.24. The lowest BCUT2D eigenvalue weighted by molar-refractivity contribution is -0.139. The molecule has 11 heteroatoms. The fourth-order valence-corrected chi connectivity index (χ4v) is 4.79. The lowest BCUT2D eigenvalue weighted by atomic mass is 9.82. The van der Waals surface area contributed by atoms with E-state index in [0.717, 1.165) is 35.6 Å². The summed E-state index contributed by atoms with van der Waals surface area (Å²) in [6, 6.07) is 1.25. The summed E-state index contributed by atoms with van der Waals surface area (Å²) in [4.78, 5) is 37.5. The average molecular weight is 433 g/mol. The van der Waals surface area contributed by atoms with Crippen LogP contribution in [0.5, 0.6) is 0 Å². The van der Waals surface area contributed by atoms with Gasteiger partial charge in [0.2, 0.25) is 5.91 Å². The van der Waals surface area contributed by atoms with E-state index in [1.165, 1.54) is 11.8 Å². The molecule has 2 N–H and O–H groups in total. The smallest absolute Gasteiger partial charge is 0.344 e. The van der Waals surface area contributed by atoms with E-state index >= 15 is 0 Å². The van der Waals surface area contributed by atoms with Crippen molar-refractivity contribution in [2.24, 2.45) is 0 Å². The molecule has 160 valence electrons. The van der Waals surface area contributed by atoms with Gasteiger partial charge in [0.1, 0.15) is 11.3 Å². The van der Waals surface area contributed by atoms with Gasteiger partial charge in [-0.05, 0) is 32.8 Å². The average Bonchev–Trinajstić information content (AvgIpc) is 3.40. The van der Waals surface area contributed by atoms with Gasteiger partial charge >= 0.3 is 6.03 Å². The van der Waals surface area contributed by atoms with Crippen LogP contribution in [0.25, 0.3) is 11.4 Å². The molecule has 0 unspecified atom stereocenters. The number of carbonyl (C=O) groups is 3. The van der Waals surface area contributed by atoms with Crippen molar-refractivity contribution in [1.29, 1.82) is 0 Å². The summed E-state index contributed by atoms with van der Waals surface area (Å²) in [6.07, 6.45) is 5.62. The fraction of sp³-hybridized carbons (Fsp3) is 0.526. The first-order valence-corrected chi connectivity index (χ1v) is 11.0. The van der Waals surface area contributed by atoms with E-state index in [4.69, 9.17) is 4.42 Å². The van der Waals surface area contributed by atoms with Crippen LogP contribution in [0.15, 0.2) is 21.9 Å². The molecule has 2 aromatic rings. The van der Waals surface area contributed by atoms with Gasteiger partial charge in [-0.25, -0.2) is 4.79 Å². The zero-order valence-corrected chi connectivity index (χ0v) is 17.8. The third-order valence-electron chi connectivity index (χ3n) is 5.57. The van der Waals surface area contributed by atoms with E-state index < -0.39 is 17.5 Å². The molecule has 30 heavy (non-hydrogen) atoms. The molecule has 3 heterocycles. The first-order valence-electron chi connectivity index (χ1n) is 10.0. The molecule has 1 saturated heterocycles. The Kier molecular flexibility index (Phi) is 5.54. The normalized spacial score (nSPS) is 18.1. The van der Waals surface area contributed by atoms with Crippen molar-refractivity contribution < 1.29 is 18.8 Å². The number of amides is 4. The molecule has 1 aliphatic carbocycles. The summed E-state index contributed by atoms with van der Waals surface area (Å²) in [5.41, 5.74) is 2.42. The molecule has 1 saturated carbocycles. The third-order valence-corrected chi connectivity index (χ3v) is 6.54. The van der Waals surface area contributed by atoms with Crippen LogP contribution in [-0.2, 0) is 16.1 Å². The number of furan rings is 1. The molecule has 4 amide bonds. The minimum atomic E-state index is -0.866. The van der Waals surface area contributed by atoms with Crippen molar-refractivity contribution in [3.8, 4) is 11.4 Å². The minimum Gasteiger partial charge on any atom is -0.469 e. The maximum atomic E-state index is 12.8. The number of imide groups is 1. The molecule has 1 spiro atoms. The monoisotopic (exact) mass is 432 g/mol. The van der Waals surface area contributed by atoms with Gasteiger partial charge in [0, 0.05) is 6.54 Å². The van der Waals surface area contributed by atoms with Gasteiger partial charge in [-0.15, -0.1) is 10.2 Å². The molecule has 0 atom stereocenters. The van der Waals surface area contributed by atoms with Crippen LogP contribution < -0.4 is 10.7 Å². The van der Waals surface area contributed by atoms with E-state index in [-0.39, 0.29) is 11.7 Å². The zero-order valence-electron chi connectivity index (χ0n) is 16.9. The summed E-state index contributed by atoms with van der Waals surface area (Å²) in [5, 5.41) is 12.6. The number of urea groups is 1. The first-order chi connectivity index (χ1) is 14.4. The SMILES string of the molecule is CCn1c(SCC(=O)NN2C(=O)NC3(CCCCC3)C2=O)nnc1-c1ccoc1C. The fourth-order valence-electron chi connectivity index (χ4n) is 4.00. The van der Waals surface area contributed by atoms with Crippen molar-refractivity contribution in [2.45, 2.75) is 63.2 Å². The number of thioether (sulfide) groups is 1. The van der Waals surface area contributed by atoms with E-state index in [1.54, 1.807) is 6.26 Å². The molecule has 1 aliphatic heterocycles. The molecule has 0 aromatic carbocycles. The summed E-state index contributed by atoms with van der Waals surface area (Å²) in [6.45, 7) is 4.43. The summed E-state index contributed by atoms with van der Waals surface area (Å²) < 4.78 is 7.23. The first kappa shape index (κ1) is 20.5. The highest BCUT2D eigenvalue weighted by Crippen LogP contribution is 2.33. The number of nitrogens with one attached hydrogen (secondary N) is 2. The van der Waals surface area contributed by atoms with Crippen LogP contribution in [0.4, 0.5) is 4.79 Å². The van der Waals surface area contributed by atoms with Crippen molar-refractivity contribution in [1.82, 2.24) is 30.5 Å². The lowest BCUT2D eigenvalue weighted by Crippen LogP contribution is -2.51. The highest BCUT2D eigenvalue weighted by Gasteiger charge is 2.52. The maximum absolute atomic E-state index is 12.8. The van der Waals surface area contributed by atoms with Crippen LogP contribution >= 0.6 is 11.8 Å². The van der Waals surface area contributed by atoms with Crippen molar-refractivity contribution in [3.05, 3.63) is 18.1 Å². The molecular weight excluding hydrogens is 408 g/mol. The topological polar surface area (TPSA) is 122 Å². The van der Waals surface area contributed by atoms with Gasteiger partial charge in [0.25, 0.3) is 5.91 Å². The van der Waals surface area contributed by atoms with E-state index in [2.05, 4.69) is 20.9 Å². The molecule has 2 aliphatic rings. The highest BCUT2D eigenvalue weighted by molar-refractivity contribution is 7.99. The second-order valence-corrected chi connectivity index (χ2v) is 8.42. The highest BCUT2D eigenvalue weighted by atomic mass is 32.2. The van der Waals surface area contributed by atoms with Gasteiger partial charge in [0.05, 0.1) is 17.6 Å². The Bertz CT molecular complexity index is 978. The van der Waals surface area contributed by atoms with Crippen LogP contribution in [0.3, 0.4) is 0 Å². The second-order valence-electron chi connectivity index (χ2n) is 7.48. The standard InChI is InChI=1S/C19H24N6O4S/c1-3-24-15(13-7-10-29-12(13)2)21-22-18(24)30-11-14(26)23-25-16(27)19(20-17(25)28)8-5-4-6-9-19/h7,10H,3-6,8-9,11H2,1-2H3,(H,20,28)(H,23,26). The number of hydrogen-bond acceptors (Lipinski definition) is 7. The van der Waals surface area contributed by atoms with E-state index in [0.29, 0.717) is 30.4 Å². The van der Waals surface area contributed by atoms with Gasteiger partial charge < -0.3 is 14.3 Å². The Hall–Kier alpha value is -2.82. The molecule has 2 aromatic heterocycles. The Morgan fingerprint density at radius 1 is 1.30 bits per heavy atom. The van der Waals surface area contributed by atoms with Crippen LogP contribution in [-0.4, -0.2) is 48.9 Å². The van der Waals surface area contributed by atoms with Crippen LogP contribution in [0.2, 0.25) is 0 Å². The largest absolute Gasteiger partial charge is 0.469 e. The van der Waals surface area contributed by atoms with Crippen molar-refractivity contribution in [2.75, 3.05) is 5.75 Å². The lowest BCUT2D eigenvalue weighted by Gasteiger charge is -2.30. The number of nitrogens with zero attached hydrogens (tertiary/aromatic N) is 4. The summed E-state index contributed by atoms with van der Waals surface area (Å²) in [5.74, 6) is 0.566.